The number of benzene rings is 1. The van der Waals surface area contributed by atoms with E-state index in [0.29, 0.717) is 5.56 Å². The van der Waals surface area contributed by atoms with Crippen LogP contribution in [0.25, 0.3) is 0 Å². The maximum absolute atomic E-state index is 13.1. The van der Waals surface area contributed by atoms with E-state index in [0.717, 1.165) is 12.1 Å². The van der Waals surface area contributed by atoms with Gasteiger partial charge in [0.1, 0.15) is 5.92 Å². The van der Waals surface area contributed by atoms with Crippen LogP contribution in [-0.2, 0) is 11.3 Å². The zero-order valence-corrected chi connectivity index (χ0v) is 11.2. The van der Waals surface area contributed by atoms with Crippen LogP contribution in [0.1, 0.15) is 19.4 Å². The van der Waals surface area contributed by atoms with Crippen molar-refractivity contribution in [2.45, 2.75) is 20.4 Å². The van der Waals surface area contributed by atoms with E-state index in [1.165, 1.54) is 18.0 Å². The number of hydrogen-bond donors (Lipinski definition) is 0. The number of carbonyl (C=O) groups excluding carboxylic acids is 1. The van der Waals surface area contributed by atoms with E-state index in [4.69, 9.17) is 5.26 Å². The average Bonchev–Trinajstić information content (AvgIpc) is 2.34. The van der Waals surface area contributed by atoms with Gasteiger partial charge in [-0.2, -0.15) is 5.26 Å². The Kier molecular flexibility index (Phi) is 4.99. The number of hydrogen-bond acceptors (Lipinski definition) is 2. The third-order valence-electron chi connectivity index (χ3n) is 2.85. The summed E-state index contributed by atoms with van der Waals surface area (Å²) in [7, 11) is 1.54. The molecule has 0 aliphatic heterocycles. The highest BCUT2D eigenvalue weighted by molar-refractivity contribution is 5.81. The fraction of sp³-hybridized carbons (Fsp3) is 0.429. The Bertz CT molecular complexity index is 509. The van der Waals surface area contributed by atoms with Gasteiger partial charge in [0.25, 0.3) is 0 Å². The van der Waals surface area contributed by atoms with Crippen molar-refractivity contribution in [1.82, 2.24) is 4.90 Å². The van der Waals surface area contributed by atoms with Crippen molar-refractivity contribution < 1.29 is 13.6 Å². The van der Waals surface area contributed by atoms with Crippen molar-refractivity contribution >= 4 is 5.91 Å². The van der Waals surface area contributed by atoms with E-state index in [1.54, 1.807) is 13.8 Å². The number of carbonyl (C=O) groups is 1. The van der Waals surface area contributed by atoms with Crippen LogP contribution in [0.3, 0.4) is 0 Å². The van der Waals surface area contributed by atoms with Crippen molar-refractivity contribution in [3.8, 4) is 6.07 Å². The second-order valence-electron chi connectivity index (χ2n) is 4.79. The van der Waals surface area contributed by atoms with Crippen LogP contribution in [0, 0.1) is 34.8 Å². The van der Waals surface area contributed by atoms with Gasteiger partial charge in [0.15, 0.2) is 11.6 Å². The number of halogens is 2. The predicted molar refractivity (Wildman–Crippen MR) is 66.8 cm³/mol. The van der Waals surface area contributed by atoms with E-state index < -0.39 is 17.6 Å². The summed E-state index contributed by atoms with van der Waals surface area (Å²) in [6, 6.07) is 5.45. The lowest BCUT2D eigenvalue weighted by Gasteiger charge is -2.22. The van der Waals surface area contributed by atoms with Crippen LogP contribution < -0.4 is 0 Å². The second-order valence-corrected chi connectivity index (χ2v) is 4.79. The molecule has 1 aromatic rings. The van der Waals surface area contributed by atoms with E-state index in [1.807, 2.05) is 6.07 Å². The lowest BCUT2D eigenvalue weighted by atomic mass is 9.96. The molecule has 102 valence electrons. The molecule has 19 heavy (non-hydrogen) atoms. The smallest absolute Gasteiger partial charge is 0.240 e. The van der Waals surface area contributed by atoms with Crippen molar-refractivity contribution in [2.24, 2.45) is 11.8 Å². The number of nitriles is 1. The number of nitrogens with zero attached hydrogens (tertiary/aromatic N) is 2. The van der Waals surface area contributed by atoms with Crippen LogP contribution in [0.5, 0.6) is 0 Å². The first-order valence-corrected chi connectivity index (χ1v) is 5.95. The van der Waals surface area contributed by atoms with Crippen LogP contribution in [0.4, 0.5) is 8.78 Å². The molecule has 0 saturated heterocycles. The summed E-state index contributed by atoms with van der Waals surface area (Å²) < 4.78 is 25.8. The molecule has 0 fully saturated rings. The summed E-state index contributed by atoms with van der Waals surface area (Å²) in [5.74, 6) is -3.00. The van der Waals surface area contributed by atoms with Gasteiger partial charge in [-0.3, -0.25) is 4.79 Å². The fourth-order valence-corrected chi connectivity index (χ4v) is 1.72. The second kappa shape index (κ2) is 6.28. The Labute approximate surface area is 111 Å². The Morgan fingerprint density at radius 1 is 1.37 bits per heavy atom. The molecule has 0 spiro atoms. The lowest BCUT2D eigenvalue weighted by molar-refractivity contribution is -0.134. The molecule has 0 aromatic heterocycles. The van der Waals surface area contributed by atoms with E-state index in [2.05, 4.69) is 0 Å². The van der Waals surface area contributed by atoms with Crippen molar-refractivity contribution in [3.63, 3.8) is 0 Å². The minimum atomic E-state index is -0.945. The van der Waals surface area contributed by atoms with Gasteiger partial charge in [-0.05, 0) is 23.6 Å². The molecule has 1 amide bonds. The van der Waals surface area contributed by atoms with Crippen molar-refractivity contribution in [1.29, 1.82) is 5.26 Å². The quantitative estimate of drug-likeness (QED) is 0.841. The molecule has 1 rings (SSSR count). The molecule has 0 aliphatic rings. The van der Waals surface area contributed by atoms with Crippen molar-refractivity contribution in [2.75, 3.05) is 7.05 Å². The molecule has 0 heterocycles. The highest BCUT2D eigenvalue weighted by Crippen LogP contribution is 2.15. The maximum atomic E-state index is 13.1. The van der Waals surface area contributed by atoms with Gasteiger partial charge in [0.05, 0.1) is 6.07 Å². The summed E-state index contributed by atoms with van der Waals surface area (Å²) in [5.41, 5.74) is 0.482. The SMILES string of the molecule is CC(C)C(C#N)C(=O)N(C)Cc1ccc(F)c(F)c1. The van der Waals surface area contributed by atoms with Crippen LogP contribution in [0.15, 0.2) is 18.2 Å². The van der Waals surface area contributed by atoms with E-state index in [-0.39, 0.29) is 18.4 Å². The van der Waals surface area contributed by atoms with Gasteiger partial charge in [0.2, 0.25) is 5.91 Å². The fourth-order valence-electron chi connectivity index (χ4n) is 1.72. The standard InChI is InChI=1S/C14H16F2N2O/c1-9(2)11(7-17)14(19)18(3)8-10-4-5-12(15)13(16)6-10/h4-6,9,11H,8H2,1-3H3. The average molecular weight is 266 g/mol. The predicted octanol–water partition coefficient (Wildman–Crippen LogP) is 2.72. The Balaban J connectivity index is 2.79. The molecule has 0 N–H and O–H groups in total. The number of amides is 1. The third-order valence-corrected chi connectivity index (χ3v) is 2.85. The minimum absolute atomic E-state index is 0.0927. The number of rotatable bonds is 4. The molecule has 1 aromatic carbocycles. The van der Waals surface area contributed by atoms with Gasteiger partial charge in [-0.15, -0.1) is 0 Å². The summed E-state index contributed by atoms with van der Waals surface area (Å²) in [5, 5.41) is 8.96. The Hall–Kier alpha value is -1.96. The van der Waals surface area contributed by atoms with Gasteiger partial charge in [0, 0.05) is 13.6 Å². The first-order chi connectivity index (χ1) is 8.86. The molecule has 1 atom stereocenters. The zero-order chi connectivity index (χ0) is 14.6. The molecule has 0 radical (unpaired) electrons. The summed E-state index contributed by atoms with van der Waals surface area (Å²) in [6.07, 6.45) is 0. The lowest BCUT2D eigenvalue weighted by Crippen LogP contribution is -2.34. The highest BCUT2D eigenvalue weighted by atomic mass is 19.2. The van der Waals surface area contributed by atoms with Gasteiger partial charge >= 0.3 is 0 Å². The normalized spacial score (nSPS) is 12.1. The van der Waals surface area contributed by atoms with Gasteiger partial charge in [-0.1, -0.05) is 19.9 Å². The topological polar surface area (TPSA) is 44.1 Å². The largest absolute Gasteiger partial charge is 0.340 e. The van der Waals surface area contributed by atoms with E-state index >= 15 is 0 Å². The van der Waals surface area contributed by atoms with Gasteiger partial charge in [-0.25, -0.2) is 8.78 Å². The molecule has 1 unspecified atom stereocenters. The summed E-state index contributed by atoms with van der Waals surface area (Å²) >= 11 is 0. The first kappa shape index (κ1) is 15.1. The van der Waals surface area contributed by atoms with Crippen LogP contribution in [-0.4, -0.2) is 17.9 Å². The monoisotopic (exact) mass is 266 g/mol. The van der Waals surface area contributed by atoms with Crippen LogP contribution in [0.2, 0.25) is 0 Å². The summed E-state index contributed by atoms with van der Waals surface area (Å²) in [4.78, 5) is 13.4. The molecule has 0 bridgehead atoms. The first-order valence-electron chi connectivity index (χ1n) is 5.95. The Morgan fingerprint density at radius 2 is 2.00 bits per heavy atom. The molecule has 0 saturated carbocycles. The molecular weight excluding hydrogens is 250 g/mol. The minimum Gasteiger partial charge on any atom is -0.340 e. The molecule has 3 nitrogen and oxygen atoms in total. The van der Waals surface area contributed by atoms with Gasteiger partial charge < -0.3 is 4.90 Å². The zero-order valence-electron chi connectivity index (χ0n) is 11.2. The Morgan fingerprint density at radius 3 is 2.47 bits per heavy atom. The molecular formula is C14H16F2N2O. The highest BCUT2D eigenvalue weighted by Gasteiger charge is 2.25. The molecule has 0 aliphatic carbocycles. The maximum Gasteiger partial charge on any atom is 0.240 e. The van der Waals surface area contributed by atoms with E-state index in [9.17, 15) is 13.6 Å². The molecule has 5 heteroatoms. The third kappa shape index (κ3) is 3.75. The summed E-state index contributed by atoms with van der Waals surface area (Å²) in [6.45, 7) is 3.72. The van der Waals surface area contributed by atoms with Crippen molar-refractivity contribution in [3.05, 3.63) is 35.4 Å². The van der Waals surface area contributed by atoms with Crippen LogP contribution >= 0.6 is 0 Å².